The number of hydrogen-bond acceptors (Lipinski definition) is 6. The second-order valence-electron chi connectivity index (χ2n) is 5.42. The number of nitrogens with zero attached hydrogens (tertiary/aromatic N) is 2. The Kier molecular flexibility index (Phi) is 7.90. The summed E-state index contributed by atoms with van der Waals surface area (Å²) in [5.74, 6) is -0.611. The van der Waals surface area contributed by atoms with E-state index in [9.17, 15) is 9.59 Å². The molecule has 0 aliphatic heterocycles. The molecule has 0 saturated heterocycles. The summed E-state index contributed by atoms with van der Waals surface area (Å²) in [6.45, 7) is 0.182. The molecule has 0 atom stereocenters. The van der Waals surface area contributed by atoms with Crippen molar-refractivity contribution in [2.45, 2.75) is 17.7 Å². The fourth-order valence-corrected chi connectivity index (χ4v) is 3.00. The summed E-state index contributed by atoms with van der Waals surface area (Å²) in [6, 6.07) is 17.6. The van der Waals surface area contributed by atoms with Gasteiger partial charge in [0.05, 0.1) is 35.6 Å². The number of anilines is 1. The average molecular weight is 379 g/mol. The second-order valence-corrected chi connectivity index (χ2v) is 6.44. The lowest BCUT2D eigenvalue weighted by molar-refractivity contribution is -0.113. The predicted molar refractivity (Wildman–Crippen MR) is 102 cm³/mol. The molecule has 0 heterocycles. The molecule has 136 valence electrons. The van der Waals surface area contributed by atoms with E-state index in [-0.39, 0.29) is 18.3 Å². The lowest BCUT2D eigenvalue weighted by Crippen LogP contribution is -2.14. The molecular formula is C20H17N3O3S. The van der Waals surface area contributed by atoms with Crippen LogP contribution in [-0.4, -0.2) is 24.2 Å². The van der Waals surface area contributed by atoms with Crippen LogP contribution in [0.1, 0.15) is 28.8 Å². The molecule has 0 aliphatic carbocycles. The van der Waals surface area contributed by atoms with Crippen LogP contribution >= 0.6 is 11.8 Å². The van der Waals surface area contributed by atoms with Gasteiger partial charge in [0.15, 0.2) is 0 Å². The van der Waals surface area contributed by atoms with Crippen molar-refractivity contribution < 1.29 is 14.3 Å². The van der Waals surface area contributed by atoms with Crippen LogP contribution < -0.4 is 5.32 Å². The number of rotatable bonds is 8. The maximum atomic E-state index is 12.2. The van der Waals surface area contributed by atoms with E-state index in [0.29, 0.717) is 34.6 Å². The first-order valence-electron chi connectivity index (χ1n) is 8.20. The van der Waals surface area contributed by atoms with Crippen molar-refractivity contribution in [3.63, 3.8) is 0 Å². The number of hydrogen-bond donors (Lipinski definition) is 1. The van der Waals surface area contributed by atoms with Gasteiger partial charge in [-0.1, -0.05) is 18.2 Å². The van der Waals surface area contributed by atoms with E-state index in [4.69, 9.17) is 15.3 Å². The van der Waals surface area contributed by atoms with Crippen LogP contribution in [0.2, 0.25) is 0 Å². The number of thioether (sulfide) groups is 1. The van der Waals surface area contributed by atoms with Gasteiger partial charge in [0.2, 0.25) is 5.91 Å². The number of benzene rings is 2. The zero-order valence-electron chi connectivity index (χ0n) is 14.5. The highest BCUT2D eigenvalue weighted by molar-refractivity contribution is 8.00. The van der Waals surface area contributed by atoms with Crippen LogP contribution in [0.25, 0.3) is 0 Å². The molecule has 2 aromatic rings. The summed E-state index contributed by atoms with van der Waals surface area (Å²) in [6.07, 6.45) is 0.818. The molecule has 2 aromatic carbocycles. The van der Waals surface area contributed by atoms with Gasteiger partial charge < -0.3 is 10.1 Å². The van der Waals surface area contributed by atoms with Crippen LogP contribution in [0.5, 0.6) is 0 Å². The molecule has 7 heteroatoms. The van der Waals surface area contributed by atoms with Gasteiger partial charge in [-0.15, -0.1) is 11.8 Å². The third kappa shape index (κ3) is 6.50. The predicted octanol–water partition coefficient (Wildman–Crippen LogP) is 3.75. The zero-order valence-corrected chi connectivity index (χ0v) is 15.3. The number of unbranched alkanes of at least 4 members (excludes halogenated alkanes) is 1. The van der Waals surface area contributed by atoms with Gasteiger partial charge in [0.25, 0.3) is 0 Å². The lowest BCUT2D eigenvalue weighted by Gasteiger charge is -2.09. The van der Waals surface area contributed by atoms with Crippen molar-refractivity contribution in [1.82, 2.24) is 0 Å². The minimum absolute atomic E-state index is 0.107. The van der Waals surface area contributed by atoms with Crippen molar-refractivity contribution in [3.8, 4) is 12.1 Å². The fraction of sp³-hybridized carbons (Fsp3) is 0.200. The normalized spacial score (nSPS) is 9.70. The van der Waals surface area contributed by atoms with Crippen molar-refractivity contribution in [1.29, 1.82) is 10.5 Å². The topological polar surface area (TPSA) is 103 Å². The SMILES string of the molecule is N#CCCCOC(=O)c1ccccc1SCC(=O)Nc1cccc(C#N)c1. The van der Waals surface area contributed by atoms with E-state index in [1.807, 2.05) is 12.1 Å². The van der Waals surface area contributed by atoms with Crippen LogP contribution in [0.3, 0.4) is 0 Å². The summed E-state index contributed by atoms with van der Waals surface area (Å²) < 4.78 is 5.16. The first kappa shape index (κ1) is 20.0. The van der Waals surface area contributed by atoms with Gasteiger partial charge in [-0.3, -0.25) is 4.79 Å². The number of carbonyl (C=O) groups excluding carboxylic acids is 2. The van der Waals surface area contributed by atoms with Gasteiger partial charge in [0.1, 0.15) is 0 Å². The molecule has 1 N–H and O–H groups in total. The molecule has 1 amide bonds. The zero-order chi connectivity index (χ0) is 19.5. The standard InChI is InChI=1S/C20H17N3O3S/c21-10-3-4-11-26-20(25)17-8-1-2-9-18(17)27-14-19(24)23-16-7-5-6-15(12-16)13-22/h1-2,5-9,12H,3-4,11,14H2,(H,23,24). The second kappa shape index (κ2) is 10.6. The van der Waals surface area contributed by atoms with E-state index < -0.39 is 5.97 Å². The highest BCUT2D eigenvalue weighted by atomic mass is 32.2. The smallest absolute Gasteiger partial charge is 0.339 e. The van der Waals surface area contributed by atoms with Crippen molar-refractivity contribution in [3.05, 3.63) is 59.7 Å². The first-order chi connectivity index (χ1) is 13.1. The third-order valence-corrected chi connectivity index (χ3v) is 4.48. The van der Waals surface area contributed by atoms with Crippen LogP contribution in [0.4, 0.5) is 5.69 Å². The molecule has 6 nitrogen and oxygen atoms in total. The van der Waals surface area contributed by atoms with E-state index in [1.54, 1.807) is 48.5 Å². The summed E-state index contributed by atoms with van der Waals surface area (Å²) in [5, 5.41) is 20.1. The molecule has 0 fully saturated rings. The van der Waals surface area contributed by atoms with E-state index in [1.165, 1.54) is 11.8 Å². The summed E-state index contributed by atoms with van der Waals surface area (Å²) >= 11 is 1.23. The molecule has 0 bridgehead atoms. The number of carbonyl (C=O) groups is 2. The monoisotopic (exact) mass is 379 g/mol. The summed E-state index contributed by atoms with van der Waals surface area (Å²) in [4.78, 5) is 25.0. The molecule has 0 aromatic heterocycles. The molecule has 0 unspecified atom stereocenters. The maximum Gasteiger partial charge on any atom is 0.339 e. The van der Waals surface area contributed by atoms with Crippen LogP contribution in [0, 0.1) is 22.7 Å². The van der Waals surface area contributed by atoms with Crippen molar-refractivity contribution in [2.24, 2.45) is 0 Å². The van der Waals surface area contributed by atoms with E-state index in [2.05, 4.69) is 5.32 Å². The maximum absolute atomic E-state index is 12.2. The van der Waals surface area contributed by atoms with Gasteiger partial charge in [-0.2, -0.15) is 10.5 Å². The Balaban J connectivity index is 1.93. The number of nitriles is 2. The Labute approximate surface area is 161 Å². The molecule has 0 radical (unpaired) electrons. The number of ether oxygens (including phenoxy) is 1. The van der Waals surface area contributed by atoms with Gasteiger partial charge >= 0.3 is 5.97 Å². The van der Waals surface area contributed by atoms with Crippen molar-refractivity contribution >= 4 is 29.3 Å². The Bertz CT molecular complexity index is 900. The number of amides is 1. The van der Waals surface area contributed by atoms with E-state index >= 15 is 0 Å². The third-order valence-electron chi connectivity index (χ3n) is 3.41. The highest BCUT2D eigenvalue weighted by Gasteiger charge is 2.14. The van der Waals surface area contributed by atoms with Gasteiger partial charge in [0, 0.05) is 17.0 Å². The minimum Gasteiger partial charge on any atom is -0.462 e. The Hall–Kier alpha value is -3.29. The quantitative estimate of drug-likeness (QED) is 0.426. The first-order valence-corrected chi connectivity index (χ1v) is 9.18. The average Bonchev–Trinajstić information content (AvgIpc) is 2.70. The van der Waals surface area contributed by atoms with Crippen LogP contribution in [0.15, 0.2) is 53.4 Å². The molecule has 2 rings (SSSR count). The summed E-state index contributed by atoms with van der Waals surface area (Å²) in [5.41, 5.74) is 1.40. The number of esters is 1. The molecular weight excluding hydrogens is 362 g/mol. The Morgan fingerprint density at radius 2 is 1.93 bits per heavy atom. The molecule has 0 saturated carbocycles. The Morgan fingerprint density at radius 3 is 2.70 bits per heavy atom. The largest absolute Gasteiger partial charge is 0.462 e. The molecule has 0 spiro atoms. The number of nitrogens with one attached hydrogen (secondary N) is 1. The van der Waals surface area contributed by atoms with Gasteiger partial charge in [-0.05, 0) is 36.8 Å². The van der Waals surface area contributed by atoms with Crippen molar-refractivity contribution in [2.75, 3.05) is 17.7 Å². The lowest BCUT2D eigenvalue weighted by atomic mass is 10.2. The molecule has 27 heavy (non-hydrogen) atoms. The molecule has 0 aliphatic rings. The van der Waals surface area contributed by atoms with Gasteiger partial charge in [-0.25, -0.2) is 4.79 Å². The van der Waals surface area contributed by atoms with E-state index in [0.717, 1.165) is 0 Å². The fourth-order valence-electron chi connectivity index (χ4n) is 2.16. The minimum atomic E-state index is -0.474. The van der Waals surface area contributed by atoms with Crippen LogP contribution in [-0.2, 0) is 9.53 Å². The summed E-state index contributed by atoms with van der Waals surface area (Å²) in [7, 11) is 0. The highest BCUT2D eigenvalue weighted by Crippen LogP contribution is 2.24. The Morgan fingerprint density at radius 1 is 1.11 bits per heavy atom.